The van der Waals surface area contributed by atoms with Crippen molar-refractivity contribution in [3.05, 3.63) is 29.3 Å². The summed E-state index contributed by atoms with van der Waals surface area (Å²) in [6.07, 6.45) is 5.44. The first-order valence-corrected chi connectivity index (χ1v) is 4.67. The molecule has 0 fully saturated rings. The second kappa shape index (κ2) is 5.14. The van der Waals surface area contributed by atoms with Crippen molar-refractivity contribution in [2.24, 2.45) is 0 Å². The number of rotatable bonds is 3. The molecule has 0 spiro atoms. The van der Waals surface area contributed by atoms with E-state index in [9.17, 15) is 8.78 Å². The molecule has 0 aliphatic rings. The summed E-state index contributed by atoms with van der Waals surface area (Å²) in [6.45, 7) is 1.72. The van der Waals surface area contributed by atoms with Crippen LogP contribution >= 0.6 is 0 Å². The molecule has 0 saturated heterocycles. The molecule has 0 aliphatic carbocycles. The fourth-order valence-electron chi connectivity index (χ4n) is 1.25. The average molecular weight is 220 g/mol. The molecule has 1 N–H and O–H groups in total. The van der Waals surface area contributed by atoms with E-state index in [1.54, 1.807) is 13.0 Å². The summed E-state index contributed by atoms with van der Waals surface area (Å²) in [5, 5.41) is 11.1. The predicted octanol–water partition coefficient (Wildman–Crippen LogP) is 2.66. The van der Waals surface area contributed by atoms with Crippen molar-refractivity contribution >= 4 is 5.69 Å². The van der Waals surface area contributed by atoms with E-state index < -0.39 is 11.6 Å². The summed E-state index contributed by atoms with van der Waals surface area (Å²) >= 11 is 0. The highest BCUT2D eigenvalue weighted by Crippen LogP contribution is 2.21. The number of nitrogens with one attached hydrogen (secondary N) is 1. The Kier molecular flexibility index (Phi) is 3.85. The molecule has 1 unspecified atom stereocenters. The summed E-state index contributed by atoms with van der Waals surface area (Å²) in [7, 11) is 0. The minimum atomic E-state index is -0.791. The van der Waals surface area contributed by atoms with Crippen LogP contribution in [0.25, 0.3) is 0 Å². The standard InChI is InChI=1S/C12H10F2N2/c1-3-4-8(2)16-12-10(13)5-9(7-15)6-11(12)14/h1,5-6,8,16H,4H2,2H3. The molecule has 82 valence electrons. The first kappa shape index (κ1) is 12.0. The smallest absolute Gasteiger partial charge is 0.150 e. The molecule has 0 aromatic heterocycles. The van der Waals surface area contributed by atoms with Crippen LogP contribution in [0.4, 0.5) is 14.5 Å². The molecule has 0 aliphatic heterocycles. The summed E-state index contributed by atoms with van der Waals surface area (Å²) < 4.78 is 26.8. The highest BCUT2D eigenvalue weighted by molar-refractivity contribution is 5.50. The van der Waals surface area contributed by atoms with Gasteiger partial charge >= 0.3 is 0 Å². The van der Waals surface area contributed by atoms with Crippen LogP contribution in [0.5, 0.6) is 0 Å². The van der Waals surface area contributed by atoms with Crippen LogP contribution in [0.1, 0.15) is 18.9 Å². The summed E-state index contributed by atoms with van der Waals surface area (Å²) in [6, 6.07) is 3.40. The van der Waals surface area contributed by atoms with Crippen molar-refractivity contribution < 1.29 is 8.78 Å². The molecule has 1 rings (SSSR count). The largest absolute Gasteiger partial charge is 0.377 e. The second-order valence-electron chi connectivity index (χ2n) is 3.38. The molecular formula is C12H10F2N2. The maximum absolute atomic E-state index is 13.4. The van der Waals surface area contributed by atoms with E-state index in [0.29, 0.717) is 6.42 Å². The van der Waals surface area contributed by atoms with Gasteiger partial charge in [-0.15, -0.1) is 12.3 Å². The Morgan fingerprint density at radius 1 is 1.44 bits per heavy atom. The van der Waals surface area contributed by atoms with Crippen LogP contribution < -0.4 is 5.32 Å². The highest BCUT2D eigenvalue weighted by atomic mass is 19.1. The van der Waals surface area contributed by atoms with Gasteiger partial charge in [-0.25, -0.2) is 8.78 Å². The summed E-state index contributed by atoms with van der Waals surface area (Å²) in [5.41, 5.74) is -0.299. The topological polar surface area (TPSA) is 35.8 Å². The Hall–Kier alpha value is -2.07. The van der Waals surface area contributed by atoms with Gasteiger partial charge in [-0.2, -0.15) is 5.26 Å². The molecule has 0 amide bonds. The first-order valence-electron chi connectivity index (χ1n) is 4.67. The minimum absolute atomic E-state index is 0.0508. The van der Waals surface area contributed by atoms with Crippen molar-refractivity contribution in [3.63, 3.8) is 0 Å². The third-order valence-corrected chi connectivity index (χ3v) is 1.99. The lowest BCUT2D eigenvalue weighted by atomic mass is 10.1. The van der Waals surface area contributed by atoms with Crippen LogP contribution in [-0.2, 0) is 0 Å². The van der Waals surface area contributed by atoms with E-state index in [1.807, 2.05) is 0 Å². The Morgan fingerprint density at radius 2 is 2.00 bits per heavy atom. The maximum Gasteiger partial charge on any atom is 0.150 e. The third-order valence-electron chi connectivity index (χ3n) is 1.99. The van der Waals surface area contributed by atoms with Crippen LogP contribution in [0.2, 0.25) is 0 Å². The lowest BCUT2D eigenvalue weighted by Gasteiger charge is -2.14. The highest BCUT2D eigenvalue weighted by Gasteiger charge is 2.12. The Morgan fingerprint density at radius 3 is 2.44 bits per heavy atom. The van der Waals surface area contributed by atoms with Gasteiger partial charge in [-0.3, -0.25) is 0 Å². The lowest BCUT2D eigenvalue weighted by Crippen LogP contribution is -2.16. The maximum atomic E-state index is 13.4. The Balaban J connectivity index is 2.98. The number of benzene rings is 1. The molecule has 0 heterocycles. The summed E-state index contributed by atoms with van der Waals surface area (Å²) in [5.74, 6) is 0.807. The fourth-order valence-corrected chi connectivity index (χ4v) is 1.25. The van der Waals surface area contributed by atoms with Crippen molar-refractivity contribution in [2.45, 2.75) is 19.4 Å². The van der Waals surface area contributed by atoms with Gasteiger partial charge in [0.05, 0.1) is 11.6 Å². The average Bonchev–Trinajstić information content (AvgIpc) is 2.23. The van der Waals surface area contributed by atoms with E-state index in [2.05, 4.69) is 11.2 Å². The molecule has 0 saturated carbocycles. The van der Waals surface area contributed by atoms with E-state index in [0.717, 1.165) is 12.1 Å². The number of anilines is 1. The van der Waals surface area contributed by atoms with E-state index >= 15 is 0 Å². The van der Waals surface area contributed by atoms with Gasteiger partial charge in [0.1, 0.15) is 5.69 Å². The summed E-state index contributed by atoms with van der Waals surface area (Å²) in [4.78, 5) is 0. The lowest BCUT2D eigenvalue weighted by molar-refractivity contribution is 0.583. The molecule has 0 bridgehead atoms. The van der Waals surface area contributed by atoms with Crippen LogP contribution in [-0.4, -0.2) is 6.04 Å². The Labute approximate surface area is 92.9 Å². The quantitative estimate of drug-likeness (QED) is 0.795. The number of hydrogen-bond donors (Lipinski definition) is 1. The van der Waals surface area contributed by atoms with Crippen molar-refractivity contribution in [2.75, 3.05) is 5.32 Å². The van der Waals surface area contributed by atoms with Crippen molar-refractivity contribution in [1.82, 2.24) is 0 Å². The molecular weight excluding hydrogens is 210 g/mol. The van der Waals surface area contributed by atoms with Gasteiger partial charge in [0.2, 0.25) is 0 Å². The molecule has 2 nitrogen and oxygen atoms in total. The number of nitrogens with zero attached hydrogens (tertiary/aromatic N) is 1. The van der Waals surface area contributed by atoms with Gasteiger partial charge in [0, 0.05) is 12.5 Å². The van der Waals surface area contributed by atoms with Gasteiger partial charge in [0.25, 0.3) is 0 Å². The fraction of sp³-hybridized carbons (Fsp3) is 0.250. The van der Waals surface area contributed by atoms with E-state index in [4.69, 9.17) is 11.7 Å². The van der Waals surface area contributed by atoms with E-state index in [-0.39, 0.29) is 17.3 Å². The Bertz CT molecular complexity index is 446. The molecule has 0 radical (unpaired) electrons. The third kappa shape index (κ3) is 2.71. The number of hydrogen-bond acceptors (Lipinski definition) is 2. The van der Waals surface area contributed by atoms with Crippen molar-refractivity contribution in [1.29, 1.82) is 5.26 Å². The molecule has 16 heavy (non-hydrogen) atoms. The van der Waals surface area contributed by atoms with Crippen LogP contribution in [0.15, 0.2) is 12.1 Å². The van der Waals surface area contributed by atoms with Crippen LogP contribution in [0.3, 0.4) is 0 Å². The predicted molar refractivity (Wildman–Crippen MR) is 57.6 cm³/mol. The normalized spacial score (nSPS) is 11.3. The SMILES string of the molecule is C#CCC(C)Nc1c(F)cc(C#N)cc1F. The van der Waals surface area contributed by atoms with Crippen LogP contribution in [0, 0.1) is 35.3 Å². The first-order chi connectivity index (χ1) is 7.58. The van der Waals surface area contributed by atoms with Gasteiger partial charge < -0.3 is 5.32 Å². The van der Waals surface area contributed by atoms with Gasteiger partial charge in [0.15, 0.2) is 11.6 Å². The minimum Gasteiger partial charge on any atom is -0.377 e. The monoisotopic (exact) mass is 220 g/mol. The number of halogens is 2. The van der Waals surface area contributed by atoms with Gasteiger partial charge in [-0.1, -0.05) is 0 Å². The molecule has 1 aromatic rings. The zero-order valence-electron chi connectivity index (χ0n) is 8.72. The molecule has 1 atom stereocenters. The second-order valence-corrected chi connectivity index (χ2v) is 3.38. The zero-order valence-corrected chi connectivity index (χ0v) is 8.72. The number of nitriles is 1. The number of terminal acetylenes is 1. The van der Waals surface area contributed by atoms with Crippen molar-refractivity contribution in [3.8, 4) is 18.4 Å². The molecule has 1 aromatic carbocycles. The zero-order chi connectivity index (χ0) is 12.1. The molecule has 4 heteroatoms. The van der Waals surface area contributed by atoms with Gasteiger partial charge in [-0.05, 0) is 19.1 Å². The van der Waals surface area contributed by atoms with E-state index in [1.165, 1.54) is 0 Å².